The molecule has 0 radical (unpaired) electrons. The Balaban J connectivity index is 0.000000447. The number of carbonyl (C=O) groups is 2. The Kier molecular flexibility index (Phi) is 19.5. The van der Waals surface area contributed by atoms with E-state index in [1.165, 1.54) is 109 Å². The van der Waals surface area contributed by atoms with E-state index in [1.807, 2.05) is 0 Å². The Hall–Kier alpha value is -1.36. The first-order valence-electron chi connectivity index (χ1n) is 18.7. The first kappa shape index (κ1) is 37.8. The van der Waals surface area contributed by atoms with Gasteiger partial charge in [0.1, 0.15) is 0 Å². The fraction of sp³-hybridized carbons (Fsp3) is 0.895. The summed E-state index contributed by atoms with van der Waals surface area (Å²) >= 11 is 0. The van der Waals surface area contributed by atoms with Gasteiger partial charge in [-0.1, -0.05) is 110 Å². The van der Waals surface area contributed by atoms with Crippen LogP contribution in [0, 0.1) is 29.6 Å². The number of allylic oxidation sites excluding steroid dienone is 1. The van der Waals surface area contributed by atoms with Crippen LogP contribution < -0.4 is 16.0 Å². The van der Waals surface area contributed by atoms with E-state index >= 15 is 0 Å². The van der Waals surface area contributed by atoms with Crippen molar-refractivity contribution in [3.05, 3.63) is 11.1 Å². The number of carbonyl (C=O) groups excluding carboxylic acids is 2. The van der Waals surface area contributed by atoms with Gasteiger partial charge >= 0.3 is 0 Å². The van der Waals surface area contributed by atoms with Crippen LogP contribution in [0.2, 0.25) is 0 Å². The van der Waals surface area contributed by atoms with E-state index in [1.54, 1.807) is 18.1 Å². The molecule has 43 heavy (non-hydrogen) atoms. The minimum atomic E-state index is -0.0743. The van der Waals surface area contributed by atoms with Crippen LogP contribution in [-0.2, 0) is 9.59 Å². The lowest BCUT2D eigenvalue weighted by molar-refractivity contribution is -0.125. The van der Waals surface area contributed by atoms with Crippen LogP contribution in [0.5, 0.6) is 0 Å². The number of hydrogen-bond donors (Lipinski definition) is 3. The van der Waals surface area contributed by atoms with Crippen molar-refractivity contribution in [2.24, 2.45) is 29.6 Å². The summed E-state index contributed by atoms with van der Waals surface area (Å²) in [5.74, 6) is 4.36. The molecule has 5 heteroatoms. The van der Waals surface area contributed by atoms with Gasteiger partial charge in [0.05, 0.1) is 6.54 Å². The SMILES string of the molecule is CC1CCCCC1.CCC(=O)NCC(=O)NCCCC1CCCCC1CCCNC(C(C)=C1CC1)C1CC1.CCC(C)C. The lowest BCUT2D eigenvalue weighted by Crippen LogP contribution is -2.37. The zero-order valence-electron chi connectivity index (χ0n) is 29.3. The molecular weight excluding hydrogens is 530 g/mol. The topological polar surface area (TPSA) is 70.2 Å². The van der Waals surface area contributed by atoms with E-state index in [4.69, 9.17) is 0 Å². The second kappa shape index (κ2) is 22.2. The van der Waals surface area contributed by atoms with Crippen molar-refractivity contribution in [3.8, 4) is 0 Å². The molecule has 3 N–H and O–H groups in total. The molecule has 0 heterocycles. The zero-order chi connectivity index (χ0) is 31.5. The first-order valence-corrected chi connectivity index (χ1v) is 18.7. The minimum Gasteiger partial charge on any atom is -0.355 e. The first-order chi connectivity index (χ1) is 20.7. The van der Waals surface area contributed by atoms with E-state index in [-0.39, 0.29) is 18.4 Å². The second-order valence-electron chi connectivity index (χ2n) is 14.7. The maximum absolute atomic E-state index is 11.8. The monoisotopic (exact) mass is 602 g/mol. The number of amides is 2. The van der Waals surface area contributed by atoms with Crippen molar-refractivity contribution in [1.82, 2.24) is 16.0 Å². The molecule has 3 unspecified atom stereocenters. The summed E-state index contributed by atoms with van der Waals surface area (Å²) in [6.07, 6.45) is 25.1. The Morgan fingerprint density at radius 3 is 1.79 bits per heavy atom. The third-order valence-corrected chi connectivity index (χ3v) is 10.4. The van der Waals surface area contributed by atoms with Crippen molar-refractivity contribution >= 4 is 11.8 Å². The lowest BCUT2D eigenvalue weighted by atomic mass is 9.75. The fourth-order valence-electron chi connectivity index (χ4n) is 6.71. The molecule has 0 bridgehead atoms. The maximum atomic E-state index is 11.8. The second-order valence-corrected chi connectivity index (χ2v) is 14.7. The number of nitrogens with one attached hydrogen (secondary N) is 3. The highest BCUT2D eigenvalue weighted by molar-refractivity contribution is 5.84. The highest BCUT2D eigenvalue weighted by Crippen LogP contribution is 2.41. The van der Waals surface area contributed by atoms with Crippen LogP contribution in [0.25, 0.3) is 0 Å². The van der Waals surface area contributed by atoms with E-state index < -0.39 is 0 Å². The summed E-state index contributed by atoms with van der Waals surface area (Å²) in [6, 6.07) is 0.658. The molecule has 4 saturated carbocycles. The molecule has 4 rings (SSSR count). The third kappa shape index (κ3) is 17.6. The summed E-state index contributed by atoms with van der Waals surface area (Å²) in [5.41, 5.74) is 3.38. The molecule has 0 aromatic carbocycles. The molecular formula is C38H71N3O2. The number of rotatable bonds is 15. The smallest absolute Gasteiger partial charge is 0.239 e. The minimum absolute atomic E-state index is 0.0718. The predicted octanol–water partition coefficient (Wildman–Crippen LogP) is 9.11. The van der Waals surface area contributed by atoms with Crippen LogP contribution >= 0.6 is 0 Å². The molecule has 5 nitrogen and oxygen atoms in total. The Labute approximate surface area is 267 Å². The molecule has 0 saturated heterocycles. The van der Waals surface area contributed by atoms with Crippen molar-refractivity contribution in [2.45, 2.75) is 170 Å². The van der Waals surface area contributed by atoms with E-state index in [0.717, 1.165) is 49.1 Å². The van der Waals surface area contributed by atoms with Crippen molar-refractivity contribution in [1.29, 1.82) is 0 Å². The molecule has 250 valence electrons. The van der Waals surface area contributed by atoms with Crippen LogP contribution in [0.4, 0.5) is 0 Å². The molecule has 0 spiro atoms. The predicted molar refractivity (Wildman–Crippen MR) is 184 cm³/mol. The Morgan fingerprint density at radius 2 is 1.33 bits per heavy atom. The number of hydrogen-bond acceptors (Lipinski definition) is 3. The summed E-state index contributed by atoms with van der Waals surface area (Å²) in [4.78, 5) is 23.1. The van der Waals surface area contributed by atoms with Gasteiger partial charge in [-0.25, -0.2) is 0 Å². The average Bonchev–Trinajstić information content (AvgIpc) is 3.94. The van der Waals surface area contributed by atoms with Crippen molar-refractivity contribution in [2.75, 3.05) is 19.6 Å². The molecule has 3 atom stereocenters. The Bertz CT molecular complexity index is 791. The average molecular weight is 602 g/mol. The van der Waals surface area contributed by atoms with Gasteiger partial charge in [-0.05, 0) is 94.4 Å². The van der Waals surface area contributed by atoms with Gasteiger partial charge in [0, 0.05) is 19.0 Å². The van der Waals surface area contributed by atoms with Crippen LogP contribution in [0.15, 0.2) is 11.1 Å². The molecule has 2 amide bonds. The van der Waals surface area contributed by atoms with Gasteiger partial charge < -0.3 is 16.0 Å². The molecule has 4 fully saturated rings. The van der Waals surface area contributed by atoms with Crippen LogP contribution in [-0.4, -0.2) is 37.5 Å². The molecule has 0 aliphatic heterocycles. The van der Waals surface area contributed by atoms with Gasteiger partial charge in [-0.15, -0.1) is 0 Å². The van der Waals surface area contributed by atoms with Gasteiger partial charge in [0.25, 0.3) is 0 Å². The van der Waals surface area contributed by atoms with Gasteiger partial charge in [0.15, 0.2) is 0 Å². The summed E-state index contributed by atoms with van der Waals surface area (Å²) < 4.78 is 0. The molecule has 4 aliphatic rings. The summed E-state index contributed by atoms with van der Waals surface area (Å²) in [6.45, 7) is 15.2. The van der Waals surface area contributed by atoms with E-state index in [9.17, 15) is 9.59 Å². The standard InChI is InChI=1S/C26H45N3O2.C7H14.C5H12/c1-3-24(30)29-18-25(31)27-16-6-10-21-8-4-5-9-22(21)11-7-17-28-26(23-14-15-23)19(2)20-12-13-20;1-7-5-3-2-4-6-7;1-4-5(2)3/h21-23,26,28H,3-18H2,1-2H3,(H,27,31)(H,29,30);7H,2-6H2,1H3;5H,4H2,1-3H3. The summed E-state index contributed by atoms with van der Waals surface area (Å²) in [7, 11) is 0. The fourth-order valence-corrected chi connectivity index (χ4v) is 6.71. The van der Waals surface area contributed by atoms with Crippen LogP contribution in [0.3, 0.4) is 0 Å². The Morgan fingerprint density at radius 1 is 0.767 bits per heavy atom. The van der Waals surface area contributed by atoms with Gasteiger partial charge in [0.2, 0.25) is 11.8 Å². The lowest BCUT2D eigenvalue weighted by Gasteiger charge is -2.32. The molecule has 4 aliphatic carbocycles. The molecule has 0 aromatic heterocycles. The van der Waals surface area contributed by atoms with Gasteiger partial charge in [-0.3, -0.25) is 9.59 Å². The largest absolute Gasteiger partial charge is 0.355 e. The normalized spacial score (nSPS) is 22.4. The van der Waals surface area contributed by atoms with E-state index in [2.05, 4.69) is 50.6 Å². The molecule has 0 aromatic rings. The maximum Gasteiger partial charge on any atom is 0.239 e. The van der Waals surface area contributed by atoms with Crippen LogP contribution in [0.1, 0.15) is 164 Å². The quantitative estimate of drug-likeness (QED) is 0.129. The van der Waals surface area contributed by atoms with Gasteiger partial charge in [-0.2, -0.15) is 0 Å². The van der Waals surface area contributed by atoms with Crippen molar-refractivity contribution < 1.29 is 9.59 Å². The highest BCUT2D eigenvalue weighted by Gasteiger charge is 2.34. The van der Waals surface area contributed by atoms with E-state index in [0.29, 0.717) is 12.5 Å². The third-order valence-electron chi connectivity index (χ3n) is 10.4. The van der Waals surface area contributed by atoms with Crippen molar-refractivity contribution in [3.63, 3.8) is 0 Å². The summed E-state index contributed by atoms with van der Waals surface area (Å²) in [5, 5.41) is 9.50. The highest BCUT2D eigenvalue weighted by atomic mass is 16.2. The zero-order valence-corrected chi connectivity index (χ0v) is 29.3.